The van der Waals surface area contributed by atoms with Crippen LogP contribution in [0, 0.1) is 6.92 Å². The Morgan fingerprint density at radius 3 is 2.48 bits per heavy atom. The standard InChI is InChI=1S/C22H21BrN2O3S/c1-15-7-9-16(10-8-15)29-14-13-24-21(26)17-5-3-4-6-18(17)25(2)22(27)19-11-12-20(23)28-19/h3-12H,13-14H2,1-2H3,(H,24,26). The molecule has 2 aromatic carbocycles. The van der Waals surface area contributed by atoms with Crippen molar-refractivity contribution < 1.29 is 14.0 Å². The topological polar surface area (TPSA) is 62.6 Å². The number of benzene rings is 2. The number of nitrogens with zero attached hydrogens (tertiary/aromatic N) is 1. The highest BCUT2D eigenvalue weighted by Crippen LogP contribution is 2.23. The third-order valence-corrected chi connectivity index (χ3v) is 5.72. The number of carbonyl (C=O) groups excluding carboxylic acids is 2. The summed E-state index contributed by atoms with van der Waals surface area (Å²) in [6.07, 6.45) is 0. The van der Waals surface area contributed by atoms with E-state index in [9.17, 15) is 9.59 Å². The van der Waals surface area contributed by atoms with Gasteiger partial charge in [-0.05, 0) is 59.3 Å². The molecule has 7 heteroatoms. The van der Waals surface area contributed by atoms with Crippen LogP contribution in [0.2, 0.25) is 0 Å². The molecule has 3 rings (SSSR count). The van der Waals surface area contributed by atoms with Crippen molar-refractivity contribution in [1.82, 2.24) is 5.32 Å². The molecule has 1 N–H and O–H groups in total. The molecule has 0 unspecified atom stereocenters. The van der Waals surface area contributed by atoms with E-state index in [0.717, 1.165) is 5.75 Å². The number of hydrogen-bond donors (Lipinski definition) is 1. The lowest BCUT2D eigenvalue weighted by molar-refractivity contribution is 0.0956. The van der Waals surface area contributed by atoms with Crippen LogP contribution < -0.4 is 10.2 Å². The fourth-order valence-electron chi connectivity index (χ4n) is 2.73. The van der Waals surface area contributed by atoms with Crippen molar-refractivity contribution in [3.63, 3.8) is 0 Å². The molecule has 0 spiro atoms. The van der Waals surface area contributed by atoms with Crippen molar-refractivity contribution in [1.29, 1.82) is 0 Å². The quantitative estimate of drug-likeness (QED) is 0.381. The summed E-state index contributed by atoms with van der Waals surface area (Å²) in [6.45, 7) is 2.58. The number of nitrogens with one attached hydrogen (secondary N) is 1. The summed E-state index contributed by atoms with van der Waals surface area (Å²) in [5.41, 5.74) is 2.18. The minimum atomic E-state index is -0.328. The van der Waals surface area contributed by atoms with Gasteiger partial charge in [-0.2, -0.15) is 0 Å². The number of amides is 2. The van der Waals surface area contributed by atoms with Gasteiger partial charge in [0.15, 0.2) is 10.4 Å². The average Bonchev–Trinajstić information content (AvgIpc) is 3.17. The first-order valence-corrected chi connectivity index (χ1v) is 10.8. The number of hydrogen-bond acceptors (Lipinski definition) is 4. The van der Waals surface area contributed by atoms with E-state index in [-0.39, 0.29) is 17.6 Å². The smallest absolute Gasteiger partial charge is 0.293 e. The highest BCUT2D eigenvalue weighted by atomic mass is 79.9. The van der Waals surface area contributed by atoms with E-state index >= 15 is 0 Å². The van der Waals surface area contributed by atoms with E-state index in [1.54, 1.807) is 55.2 Å². The molecule has 0 aliphatic heterocycles. The second-order valence-electron chi connectivity index (χ2n) is 6.40. The summed E-state index contributed by atoms with van der Waals surface area (Å²) < 4.78 is 5.82. The molecular weight excluding hydrogens is 452 g/mol. The summed E-state index contributed by atoms with van der Waals surface area (Å²) in [6, 6.07) is 18.6. The van der Waals surface area contributed by atoms with Crippen molar-refractivity contribution >= 4 is 45.2 Å². The monoisotopic (exact) mass is 472 g/mol. The number of aryl methyl sites for hydroxylation is 1. The van der Waals surface area contributed by atoms with Crippen LogP contribution in [0.3, 0.4) is 0 Å². The van der Waals surface area contributed by atoms with Crippen LogP contribution in [0.1, 0.15) is 26.5 Å². The molecule has 2 amide bonds. The van der Waals surface area contributed by atoms with Crippen LogP contribution in [0.4, 0.5) is 5.69 Å². The highest BCUT2D eigenvalue weighted by Gasteiger charge is 2.21. The van der Waals surface area contributed by atoms with Crippen LogP contribution in [0.15, 0.2) is 74.6 Å². The van der Waals surface area contributed by atoms with Crippen LogP contribution in [0.5, 0.6) is 0 Å². The van der Waals surface area contributed by atoms with Crippen LogP contribution >= 0.6 is 27.7 Å². The van der Waals surface area contributed by atoms with Crippen LogP contribution in [-0.2, 0) is 0 Å². The van der Waals surface area contributed by atoms with E-state index in [1.165, 1.54) is 15.4 Å². The number of rotatable bonds is 7. The van der Waals surface area contributed by atoms with E-state index in [2.05, 4.69) is 52.4 Å². The molecule has 0 radical (unpaired) electrons. The number of anilines is 1. The summed E-state index contributed by atoms with van der Waals surface area (Å²) in [5, 5.41) is 2.93. The first-order valence-electron chi connectivity index (χ1n) is 9.06. The normalized spacial score (nSPS) is 10.6. The third-order valence-electron chi connectivity index (χ3n) is 4.28. The minimum Gasteiger partial charge on any atom is -0.444 e. The highest BCUT2D eigenvalue weighted by molar-refractivity contribution is 9.10. The van der Waals surface area contributed by atoms with E-state index in [4.69, 9.17) is 4.42 Å². The molecule has 1 heterocycles. The summed E-state index contributed by atoms with van der Waals surface area (Å²) in [4.78, 5) is 27.9. The van der Waals surface area contributed by atoms with Gasteiger partial charge in [0.1, 0.15) is 0 Å². The second-order valence-corrected chi connectivity index (χ2v) is 8.35. The SMILES string of the molecule is Cc1ccc(SCCNC(=O)c2ccccc2N(C)C(=O)c2ccc(Br)o2)cc1. The Morgan fingerprint density at radius 1 is 1.07 bits per heavy atom. The van der Waals surface area contributed by atoms with Gasteiger partial charge in [-0.3, -0.25) is 9.59 Å². The van der Waals surface area contributed by atoms with Crippen LogP contribution in [0.25, 0.3) is 0 Å². The Hall–Kier alpha value is -2.51. The number of carbonyl (C=O) groups is 2. The Bertz CT molecular complexity index is 1000. The molecule has 1 aromatic heterocycles. The van der Waals surface area contributed by atoms with Gasteiger partial charge >= 0.3 is 0 Å². The summed E-state index contributed by atoms with van der Waals surface area (Å²) in [5.74, 6) is 0.409. The zero-order valence-electron chi connectivity index (χ0n) is 16.1. The lowest BCUT2D eigenvalue weighted by Gasteiger charge is -2.19. The number of thioether (sulfide) groups is 1. The van der Waals surface area contributed by atoms with E-state index < -0.39 is 0 Å². The molecule has 0 saturated heterocycles. The maximum atomic E-state index is 12.7. The van der Waals surface area contributed by atoms with Gasteiger partial charge in [-0.15, -0.1) is 11.8 Å². The van der Waals surface area contributed by atoms with Gasteiger partial charge in [0.25, 0.3) is 11.8 Å². The maximum Gasteiger partial charge on any atom is 0.293 e. The first kappa shape index (κ1) is 21.2. The Morgan fingerprint density at radius 2 is 1.79 bits per heavy atom. The lowest BCUT2D eigenvalue weighted by atomic mass is 10.1. The molecule has 0 atom stereocenters. The molecule has 0 aliphatic carbocycles. The Kier molecular flexibility index (Phi) is 7.17. The van der Waals surface area contributed by atoms with Crippen LogP contribution in [-0.4, -0.2) is 31.2 Å². The van der Waals surface area contributed by atoms with Gasteiger partial charge in [0, 0.05) is 24.2 Å². The molecule has 29 heavy (non-hydrogen) atoms. The lowest BCUT2D eigenvalue weighted by Crippen LogP contribution is -2.31. The van der Waals surface area contributed by atoms with Crippen molar-refractivity contribution in [2.75, 3.05) is 24.2 Å². The van der Waals surface area contributed by atoms with Gasteiger partial charge in [0.05, 0.1) is 11.3 Å². The molecule has 0 fully saturated rings. The number of furan rings is 1. The van der Waals surface area contributed by atoms with Gasteiger partial charge in [-0.1, -0.05) is 29.8 Å². The van der Waals surface area contributed by atoms with Gasteiger partial charge in [-0.25, -0.2) is 0 Å². The van der Waals surface area contributed by atoms with Gasteiger partial charge in [0.2, 0.25) is 0 Å². The maximum absolute atomic E-state index is 12.7. The predicted octanol–water partition coefficient (Wildman–Crippen LogP) is 5.15. The van der Waals surface area contributed by atoms with E-state index in [1.807, 2.05) is 0 Å². The largest absolute Gasteiger partial charge is 0.444 e. The molecule has 0 aliphatic rings. The van der Waals surface area contributed by atoms with E-state index in [0.29, 0.717) is 22.5 Å². The number of para-hydroxylation sites is 1. The molecule has 0 saturated carbocycles. The first-order chi connectivity index (χ1) is 14.0. The van der Waals surface area contributed by atoms with Crippen molar-refractivity contribution in [3.8, 4) is 0 Å². The zero-order chi connectivity index (χ0) is 20.8. The molecular formula is C22H21BrN2O3S. The summed E-state index contributed by atoms with van der Waals surface area (Å²) in [7, 11) is 1.62. The Balaban J connectivity index is 1.62. The molecule has 5 nitrogen and oxygen atoms in total. The fraction of sp³-hybridized carbons (Fsp3) is 0.182. The van der Waals surface area contributed by atoms with Crippen molar-refractivity contribution in [2.24, 2.45) is 0 Å². The second kappa shape index (κ2) is 9.80. The zero-order valence-corrected chi connectivity index (χ0v) is 18.5. The van der Waals surface area contributed by atoms with Crippen molar-refractivity contribution in [2.45, 2.75) is 11.8 Å². The summed E-state index contributed by atoms with van der Waals surface area (Å²) >= 11 is 4.88. The molecule has 150 valence electrons. The Labute approximate surface area is 182 Å². The van der Waals surface area contributed by atoms with Gasteiger partial charge < -0.3 is 14.6 Å². The molecule has 3 aromatic rings. The third kappa shape index (κ3) is 5.52. The minimum absolute atomic E-state index is 0.198. The predicted molar refractivity (Wildman–Crippen MR) is 120 cm³/mol. The number of halogens is 1. The fourth-order valence-corrected chi connectivity index (χ4v) is 3.80. The average molecular weight is 473 g/mol. The molecule has 0 bridgehead atoms. The van der Waals surface area contributed by atoms with Crippen molar-refractivity contribution in [3.05, 3.63) is 82.2 Å².